The molecule has 0 spiro atoms. The second kappa shape index (κ2) is 9.24. The largest absolute Gasteiger partial charge is 0.497 e. The Morgan fingerprint density at radius 2 is 1.62 bits per heavy atom. The van der Waals surface area contributed by atoms with E-state index in [-0.39, 0.29) is 5.78 Å². The van der Waals surface area contributed by atoms with E-state index in [4.69, 9.17) is 9.47 Å². The van der Waals surface area contributed by atoms with Gasteiger partial charge in [-0.3, -0.25) is 14.6 Å². The summed E-state index contributed by atoms with van der Waals surface area (Å²) in [6.07, 6.45) is 0. The van der Waals surface area contributed by atoms with Crippen molar-refractivity contribution >= 4 is 11.8 Å². The van der Waals surface area contributed by atoms with Crippen LogP contribution in [0.3, 0.4) is 0 Å². The molecule has 1 N–H and O–H groups in total. The lowest BCUT2D eigenvalue weighted by Crippen LogP contribution is -2.47. The summed E-state index contributed by atoms with van der Waals surface area (Å²) in [5.41, 5.74) is 3.55. The molecule has 1 aliphatic heterocycles. The van der Waals surface area contributed by atoms with E-state index in [0.29, 0.717) is 29.1 Å². The average Bonchev–Trinajstić information content (AvgIpc) is 3.03. The van der Waals surface area contributed by atoms with E-state index in [2.05, 4.69) is 26.9 Å². The third-order valence-electron chi connectivity index (χ3n) is 5.50. The number of H-pyrrole nitrogens is 1. The molecule has 0 amide bonds. The fraction of sp³-hybridized carbons (Fsp3) is 0.455. The van der Waals surface area contributed by atoms with Crippen LogP contribution in [0.4, 0.5) is 0 Å². The summed E-state index contributed by atoms with van der Waals surface area (Å²) in [5.74, 6) is 0.453. The summed E-state index contributed by atoms with van der Waals surface area (Å²) in [5, 5.41) is 0. The van der Waals surface area contributed by atoms with Crippen LogP contribution in [-0.2, 0) is 11.3 Å². The summed E-state index contributed by atoms with van der Waals surface area (Å²) < 4.78 is 10.0. The molecule has 0 saturated carbocycles. The van der Waals surface area contributed by atoms with E-state index >= 15 is 0 Å². The third-order valence-corrected chi connectivity index (χ3v) is 5.50. The molecule has 3 rings (SSSR count). The van der Waals surface area contributed by atoms with Crippen molar-refractivity contribution in [3.05, 3.63) is 52.3 Å². The lowest BCUT2D eigenvalue weighted by molar-refractivity contribution is 0.0599. The Bertz CT molecular complexity index is 865. The molecule has 2 aromatic rings. The van der Waals surface area contributed by atoms with Crippen molar-refractivity contribution in [3.63, 3.8) is 0 Å². The molecule has 156 valence electrons. The number of aromatic amines is 1. The average molecular weight is 399 g/mol. The minimum atomic E-state index is -0.414. The molecule has 1 aromatic carbocycles. The molecular formula is C22H29N3O4. The number of aromatic nitrogens is 1. The Morgan fingerprint density at radius 1 is 1.00 bits per heavy atom. The fourth-order valence-electron chi connectivity index (χ4n) is 3.81. The van der Waals surface area contributed by atoms with Crippen LogP contribution in [0.25, 0.3) is 0 Å². The standard InChI is InChI=1S/C22H29N3O4/c1-15-20(22(27)29-4)16(2)23-21(15)19(26)14-25-11-9-24(10-12-25)13-17-5-7-18(28-3)8-6-17/h5-8,23H,9-14H2,1-4H3. The van der Waals surface area contributed by atoms with Gasteiger partial charge in [-0.25, -0.2) is 4.79 Å². The van der Waals surface area contributed by atoms with Gasteiger partial charge in [0.2, 0.25) is 0 Å². The zero-order chi connectivity index (χ0) is 21.0. The first-order valence-electron chi connectivity index (χ1n) is 9.81. The SMILES string of the molecule is COC(=O)c1c(C)[nH]c(C(=O)CN2CCN(Cc3ccc(OC)cc3)CC2)c1C. The number of hydrogen-bond donors (Lipinski definition) is 1. The van der Waals surface area contributed by atoms with E-state index in [1.165, 1.54) is 12.7 Å². The molecule has 0 atom stereocenters. The van der Waals surface area contributed by atoms with Gasteiger partial charge >= 0.3 is 5.97 Å². The van der Waals surface area contributed by atoms with Crippen LogP contribution in [0.2, 0.25) is 0 Å². The Labute approximate surface area is 171 Å². The summed E-state index contributed by atoms with van der Waals surface area (Å²) in [6.45, 7) is 8.31. The Morgan fingerprint density at radius 3 is 2.21 bits per heavy atom. The van der Waals surface area contributed by atoms with Crippen molar-refractivity contribution in [2.24, 2.45) is 0 Å². The third kappa shape index (κ3) is 4.86. The fourth-order valence-corrected chi connectivity index (χ4v) is 3.81. The highest BCUT2D eigenvalue weighted by Gasteiger charge is 2.25. The minimum absolute atomic E-state index is 0.00403. The predicted octanol–water partition coefficient (Wildman–Crippen LogP) is 2.43. The first-order valence-corrected chi connectivity index (χ1v) is 9.81. The topological polar surface area (TPSA) is 74.9 Å². The molecule has 0 unspecified atom stereocenters. The predicted molar refractivity (Wildman–Crippen MR) is 111 cm³/mol. The van der Waals surface area contributed by atoms with Crippen molar-refractivity contribution in [3.8, 4) is 5.75 Å². The van der Waals surface area contributed by atoms with Gasteiger partial charge in [-0.1, -0.05) is 12.1 Å². The van der Waals surface area contributed by atoms with E-state index in [1.54, 1.807) is 21.0 Å². The van der Waals surface area contributed by atoms with Crippen molar-refractivity contribution in [1.82, 2.24) is 14.8 Å². The molecule has 1 aromatic heterocycles. The quantitative estimate of drug-likeness (QED) is 0.569. The van der Waals surface area contributed by atoms with Gasteiger partial charge in [0.05, 0.1) is 32.0 Å². The number of aryl methyl sites for hydroxylation is 1. The van der Waals surface area contributed by atoms with E-state index in [1.807, 2.05) is 12.1 Å². The smallest absolute Gasteiger partial charge is 0.339 e. The number of carbonyl (C=O) groups is 2. The first kappa shape index (κ1) is 21.1. The number of methoxy groups -OCH3 is 2. The summed E-state index contributed by atoms with van der Waals surface area (Å²) in [6, 6.07) is 8.13. The molecule has 0 bridgehead atoms. The molecule has 29 heavy (non-hydrogen) atoms. The van der Waals surface area contributed by atoms with Gasteiger partial charge in [0, 0.05) is 38.4 Å². The number of Topliss-reactive ketones (excluding diaryl/α,β-unsaturated/α-hetero) is 1. The maximum atomic E-state index is 12.8. The Balaban J connectivity index is 1.54. The number of hydrogen-bond acceptors (Lipinski definition) is 6. The van der Waals surface area contributed by atoms with Gasteiger partial charge in [0.15, 0.2) is 5.78 Å². The lowest BCUT2D eigenvalue weighted by Gasteiger charge is -2.34. The number of benzene rings is 1. The molecule has 7 nitrogen and oxygen atoms in total. The lowest BCUT2D eigenvalue weighted by atomic mass is 10.1. The van der Waals surface area contributed by atoms with Crippen molar-refractivity contribution < 1.29 is 19.1 Å². The number of carbonyl (C=O) groups excluding carboxylic acids is 2. The maximum Gasteiger partial charge on any atom is 0.339 e. The zero-order valence-corrected chi connectivity index (χ0v) is 17.6. The summed E-state index contributed by atoms with van der Waals surface area (Å²) >= 11 is 0. The molecule has 0 aliphatic carbocycles. The molecule has 1 fully saturated rings. The normalized spacial score (nSPS) is 15.3. The van der Waals surface area contributed by atoms with E-state index < -0.39 is 5.97 Å². The van der Waals surface area contributed by atoms with E-state index in [9.17, 15) is 9.59 Å². The molecule has 0 radical (unpaired) electrons. The molecular weight excluding hydrogens is 370 g/mol. The number of rotatable bonds is 7. The van der Waals surface area contributed by atoms with Gasteiger partial charge < -0.3 is 14.5 Å². The van der Waals surface area contributed by atoms with Crippen molar-refractivity contribution in [2.75, 3.05) is 46.9 Å². The van der Waals surface area contributed by atoms with Crippen molar-refractivity contribution in [2.45, 2.75) is 20.4 Å². The van der Waals surface area contributed by atoms with Crippen LogP contribution in [0.1, 0.15) is 37.7 Å². The minimum Gasteiger partial charge on any atom is -0.497 e. The van der Waals surface area contributed by atoms with Gasteiger partial charge in [-0.2, -0.15) is 0 Å². The van der Waals surface area contributed by atoms with Crippen LogP contribution in [-0.4, -0.2) is 73.5 Å². The van der Waals surface area contributed by atoms with Gasteiger partial charge in [0.25, 0.3) is 0 Å². The van der Waals surface area contributed by atoms with Crippen LogP contribution in [0.5, 0.6) is 5.75 Å². The van der Waals surface area contributed by atoms with Gasteiger partial charge in [0.1, 0.15) is 5.75 Å². The highest BCUT2D eigenvalue weighted by molar-refractivity contribution is 6.02. The second-order valence-electron chi connectivity index (χ2n) is 7.44. The Kier molecular flexibility index (Phi) is 6.71. The van der Waals surface area contributed by atoms with Crippen molar-refractivity contribution in [1.29, 1.82) is 0 Å². The number of ether oxygens (including phenoxy) is 2. The number of nitrogens with zero attached hydrogens (tertiary/aromatic N) is 2. The van der Waals surface area contributed by atoms with Gasteiger partial charge in [-0.05, 0) is 37.1 Å². The highest BCUT2D eigenvalue weighted by atomic mass is 16.5. The molecule has 1 aliphatic rings. The highest BCUT2D eigenvalue weighted by Crippen LogP contribution is 2.20. The molecule has 1 saturated heterocycles. The monoisotopic (exact) mass is 399 g/mol. The second-order valence-corrected chi connectivity index (χ2v) is 7.44. The Hall–Kier alpha value is -2.64. The molecule has 2 heterocycles. The van der Waals surface area contributed by atoms with Gasteiger partial charge in [-0.15, -0.1) is 0 Å². The van der Waals surface area contributed by atoms with Crippen LogP contribution in [0.15, 0.2) is 24.3 Å². The molecule has 7 heteroatoms. The van der Waals surface area contributed by atoms with E-state index in [0.717, 1.165) is 38.5 Å². The number of esters is 1. The van der Waals surface area contributed by atoms with Crippen LogP contribution in [0, 0.1) is 13.8 Å². The number of ketones is 1. The van der Waals surface area contributed by atoms with Crippen LogP contribution >= 0.6 is 0 Å². The summed E-state index contributed by atoms with van der Waals surface area (Å²) in [4.78, 5) is 32.3. The number of nitrogens with one attached hydrogen (secondary N) is 1. The first-order chi connectivity index (χ1) is 13.9. The zero-order valence-electron chi connectivity index (χ0n) is 17.6. The van der Waals surface area contributed by atoms with Crippen LogP contribution < -0.4 is 4.74 Å². The number of piperazine rings is 1. The summed E-state index contributed by atoms with van der Waals surface area (Å²) in [7, 11) is 3.02. The maximum absolute atomic E-state index is 12.8.